The molecule has 2 fully saturated rings. The van der Waals surface area contributed by atoms with Crippen LogP contribution in [0.1, 0.15) is 25.7 Å². The van der Waals surface area contributed by atoms with Crippen LogP contribution >= 0.6 is 0 Å². The number of nitrogens with one attached hydrogen (secondary N) is 2. The van der Waals surface area contributed by atoms with Crippen molar-refractivity contribution in [3.63, 3.8) is 0 Å². The van der Waals surface area contributed by atoms with E-state index in [0.717, 1.165) is 38.8 Å². The minimum atomic E-state index is -3.22. The van der Waals surface area contributed by atoms with Gasteiger partial charge in [-0.15, -0.1) is 0 Å². The molecule has 0 unspecified atom stereocenters. The Balaban J connectivity index is 1.90. The summed E-state index contributed by atoms with van der Waals surface area (Å²) >= 11 is 0. The van der Waals surface area contributed by atoms with Crippen LogP contribution in [-0.4, -0.2) is 44.9 Å². The Labute approximate surface area is 91.4 Å². The van der Waals surface area contributed by atoms with Crippen molar-refractivity contribution in [2.75, 3.05) is 26.2 Å². The Morgan fingerprint density at radius 1 is 1.20 bits per heavy atom. The average molecular weight is 233 g/mol. The smallest absolute Gasteiger partial charge is 0.279 e. The maximum Gasteiger partial charge on any atom is 0.279 e. The molecule has 2 aliphatic heterocycles. The van der Waals surface area contributed by atoms with E-state index >= 15 is 0 Å². The molecule has 2 aliphatic rings. The molecular formula is C9H19N3O2S. The molecule has 0 saturated carbocycles. The van der Waals surface area contributed by atoms with Crippen molar-refractivity contribution < 1.29 is 8.42 Å². The second-order valence-electron chi connectivity index (χ2n) is 4.27. The van der Waals surface area contributed by atoms with Crippen molar-refractivity contribution in [3.8, 4) is 0 Å². The molecule has 0 aromatic heterocycles. The summed E-state index contributed by atoms with van der Waals surface area (Å²) in [5, 5.41) is 3.20. The van der Waals surface area contributed by atoms with E-state index in [2.05, 4.69) is 10.0 Å². The molecule has 0 aromatic rings. The molecule has 5 nitrogen and oxygen atoms in total. The van der Waals surface area contributed by atoms with Gasteiger partial charge in [0.1, 0.15) is 0 Å². The van der Waals surface area contributed by atoms with Crippen molar-refractivity contribution in [1.29, 1.82) is 0 Å². The van der Waals surface area contributed by atoms with Gasteiger partial charge in [-0.1, -0.05) is 0 Å². The Hall–Kier alpha value is -0.170. The standard InChI is InChI=1S/C9H19N3O2S/c13-15(14,12-6-1-2-7-12)11-9-4-3-5-10-8-9/h9-11H,1-8H2/t9-/m0/s1. The van der Waals surface area contributed by atoms with Crippen LogP contribution in [0.4, 0.5) is 0 Å². The summed E-state index contributed by atoms with van der Waals surface area (Å²) in [6.07, 6.45) is 3.97. The second kappa shape index (κ2) is 4.78. The lowest BCUT2D eigenvalue weighted by molar-refractivity contribution is 0.404. The van der Waals surface area contributed by atoms with Gasteiger partial charge in [0, 0.05) is 25.7 Å². The van der Waals surface area contributed by atoms with Crippen molar-refractivity contribution >= 4 is 10.2 Å². The fraction of sp³-hybridized carbons (Fsp3) is 1.00. The summed E-state index contributed by atoms with van der Waals surface area (Å²) in [6.45, 7) is 3.11. The van der Waals surface area contributed by atoms with Crippen molar-refractivity contribution in [3.05, 3.63) is 0 Å². The summed E-state index contributed by atoms with van der Waals surface area (Å²) in [6, 6.07) is 0.0735. The highest BCUT2D eigenvalue weighted by Gasteiger charge is 2.28. The molecule has 2 saturated heterocycles. The van der Waals surface area contributed by atoms with Gasteiger partial charge < -0.3 is 5.32 Å². The van der Waals surface area contributed by atoms with E-state index in [1.807, 2.05) is 0 Å². The van der Waals surface area contributed by atoms with E-state index in [1.165, 1.54) is 0 Å². The molecule has 2 rings (SSSR count). The van der Waals surface area contributed by atoms with E-state index < -0.39 is 10.2 Å². The number of rotatable bonds is 3. The molecule has 0 spiro atoms. The molecule has 88 valence electrons. The number of nitrogens with zero attached hydrogens (tertiary/aromatic N) is 1. The average Bonchev–Trinajstić information content (AvgIpc) is 2.71. The highest BCUT2D eigenvalue weighted by Crippen LogP contribution is 2.13. The molecule has 2 N–H and O–H groups in total. The fourth-order valence-electron chi connectivity index (χ4n) is 2.17. The SMILES string of the molecule is O=S(=O)(N[C@H]1CCCNC1)N1CCCC1. The molecule has 15 heavy (non-hydrogen) atoms. The largest absolute Gasteiger partial charge is 0.315 e. The van der Waals surface area contributed by atoms with Crippen LogP contribution in [0.2, 0.25) is 0 Å². The zero-order chi connectivity index (χ0) is 10.7. The summed E-state index contributed by atoms with van der Waals surface area (Å²) < 4.78 is 28.1. The first-order chi connectivity index (χ1) is 7.18. The van der Waals surface area contributed by atoms with Gasteiger partial charge in [0.25, 0.3) is 10.2 Å². The normalized spacial score (nSPS) is 29.5. The third kappa shape index (κ3) is 2.90. The molecule has 0 aromatic carbocycles. The summed E-state index contributed by atoms with van der Waals surface area (Å²) in [5.41, 5.74) is 0. The van der Waals surface area contributed by atoms with Gasteiger partial charge in [0.05, 0.1) is 0 Å². The number of piperidine rings is 1. The molecule has 6 heteroatoms. The van der Waals surface area contributed by atoms with Crippen LogP contribution in [0.25, 0.3) is 0 Å². The third-order valence-electron chi connectivity index (χ3n) is 3.02. The van der Waals surface area contributed by atoms with Gasteiger partial charge in [-0.3, -0.25) is 0 Å². The van der Waals surface area contributed by atoms with Crippen molar-refractivity contribution in [2.45, 2.75) is 31.7 Å². The lowest BCUT2D eigenvalue weighted by Gasteiger charge is -2.26. The van der Waals surface area contributed by atoms with Crippen LogP contribution in [-0.2, 0) is 10.2 Å². The first-order valence-electron chi connectivity index (χ1n) is 5.66. The quantitative estimate of drug-likeness (QED) is 0.701. The summed E-state index contributed by atoms with van der Waals surface area (Å²) in [4.78, 5) is 0. The van der Waals surface area contributed by atoms with Gasteiger partial charge in [-0.05, 0) is 32.2 Å². The second-order valence-corrected chi connectivity index (χ2v) is 5.97. The van der Waals surface area contributed by atoms with E-state index in [9.17, 15) is 8.42 Å². The molecule has 0 amide bonds. The zero-order valence-corrected chi connectivity index (χ0v) is 9.72. The Kier molecular flexibility index (Phi) is 3.60. The zero-order valence-electron chi connectivity index (χ0n) is 8.91. The van der Waals surface area contributed by atoms with Gasteiger partial charge >= 0.3 is 0 Å². The minimum Gasteiger partial charge on any atom is -0.315 e. The Bertz CT molecular complexity index is 292. The highest BCUT2D eigenvalue weighted by molar-refractivity contribution is 7.87. The predicted molar refractivity (Wildman–Crippen MR) is 58.8 cm³/mol. The van der Waals surface area contributed by atoms with Crippen LogP contribution in [0, 0.1) is 0 Å². The van der Waals surface area contributed by atoms with Crippen LogP contribution in [0.3, 0.4) is 0 Å². The van der Waals surface area contributed by atoms with Crippen molar-refractivity contribution in [1.82, 2.24) is 14.3 Å². The lowest BCUT2D eigenvalue weighted by atomic mass is 10.1. The van der Waals surface area contributed by atoms with Crippen molar-refractivity contribution in [2.24, 2.45) is 0 Å². The van der Waals surface area contributed by atoms with Crippen LogP contribution in [0.15, 0.2) is 0 Å². The first-order valence-corrected chi connectivity index (χ1v) is 7.10. The third-order valence-corrected chi connectivity index (χ3v) is 4.69. The lowest BCUT2D eigenvalue weighted by Crippen LogP contribution is -2.50. The molecule has 1 atom stereocenters. The maximum atomic E-state index is 11.9. The van der Waals surface area contributed by atoms with E-state index in [1.54, 1.807) is 4.31 Å². The molecule has 0 aliphatic carbocycles. The van der Waals surface area contributed by atoms with Gasteiger partial charge in [0.15, 0.2) is 0 Å². The molecule has 0 radical (unpaired) electrons. The molecule has 0 bridgehead atoms. The van der Waals surface area contributed by atoms with E-state index in [-0.39, 0.29) is 6.04 Å². The Morgan fingerprint density at radius 2 is 1.93 bits per heavy atom. The Morgan fingerprint density at radius 3 is 2.53 bits per heavy atom. The van der Waals surface area contributed by atoms with Crippen LogP contribution < -0.4 is 10.0 Å². The summed E-state index contributed by atoms with van der Waals surface area (Å²) in [5.74, 6) is 0. The highest BCUT2D eigenvalue weighted by atomic mass is 32.2. The maximum absolute atomic E-state index is 11.9. The monoisotopic (exact) mass is 233 g/mol. The minimum absolute atomic E-state index is 0.0735. The number of hydrogen-bond acceptors (Lipinski definition) is 3. The number of hydrogen-bond donors (Lipinski definition) is 2. The predicted octanol–water partition coefficient (Wildman–Crippen LogP) is -0.331. The molecule has 2 heterocycles. The van der Waals surface area contributed by atoms with Gasteiger partial charge in [0.2, 0.25) is 0 Å². The molecular weight excluding hydrogens is 214 g/mol. The summed E-state index contributed by atoms with van der Waals surface area (Å²) in [7, 11) is -3.22. The topological polar surface area (TPSA) is 61.4 Å². The van der Waals surface area contributed by atoms with E-state index in [0.29, 0.717) is 13.1 Å². The fourth-order valence-corrected chi connectivity index (χ4v) is 3.68. The first kappa shape index (κ1) is 11.3. The van der Waals surface area contributed by atoms with Gasteiger partial charge in [-0.25, -0.2) is 0 Å². The van der Waals surface area contributed by atoms with E-state index in [4.69, 9.17) is 0 Å². The van der Waals surface area contributed by atoms with Gasteiger partial charge in [-0.2, -0.15) is 17.4 Å². The van der Waals surface area contributed by atoms with Crippen LogP contribution in [0.5, 0.6) is 0 Å².